The Morgan fingerprint density at radius 2 is 2.00 bits per heavy atom. The number of alkyl halides is 3. The van der Waals surface area contributed by atoms with Crippen molar-refractivity contribution >= 4 is 5.69 Å². The van der Waals surface area contributed by atoms with E-state index in [4.69, 9.17) is 4.74 Å². The Labute approximate surface area is 173 Å². The van der Waals surface area contributed by atoms with E-state index >= 15 is 0 Å². The number of hydrogen-bond donors (Lipinski definition) is 0. The van der Waals surface area contributed by atoms with E-state index in [0.29, 0.717) is 25.3 Å². The van der Waals surface area contributed by atoms with E-state index in [1.807, 2.05) is 9.58 Å². The molecule has 0 saturated carbocycles. The highest BCUT2D eigenvalue weighted by Gasteiger charge is 2.32. The number of halogens is 3. The van der Waals surface area contributed by atoms with Crippen LogP contribution in [0.1, 0.15) is 43.6 Å². The average Bonchev–Trinajstić information content (AvgIpc) is 3.42. The second-order valence-electron chi connectivity index (χ2n) is 7.85. The highest BCUT2D eigenvalue weighted by Crippen LogP contribution is 2.32. The Bertz CT molecular complexity index is 828. The zero-order chi connectivity index (χ0) is 21.1. The smallest absolute Gasteiger partial charge is 0.376 e. The summed E-state index contributed by atoms with van der Waals surface area (Å²) in [4.78, 5) is 4.33. The molecule has 2 saturated heterocycles. The normalized spacial score (nSPS) is 21.9. The van der Waals surface area contributed by atoms with Crippen LogP contribution in [0.25, 0.3) is 0 Å². The monoisotopic (exact) mass is 424 g/mol. The Morgan fingerprint density at radius 3 is 2.67 bits per heavy atom. The van der Waals surface area contributed by atoms with Crippen LogP contribution < -0.4 is 4.90 Å². The fourth-order valence-electron chi connectivity index (χ4n) is 4.34. The van der Waals surface area contributed by atoms with Crippen LogP contribution in [0, 0.1) is 0 Å². The van der Waals surface area contributed by atoms with Crippen molar-refractivity contribution in [3.8, 4) is 0 Å². The van der Waals surface area contributed by atoms with Crippen LogP contribution in [0.15, 0.2) is 24.3 Å². The molecule has 2 aromatic rings. The maximum absolute atomic E-state index is 13.0. The van der Waals surface area contributed by atoms with E-state index in [9.17, 15) is 13.2 Å². The maximum atomic E-state index is 13.0. The first-order valence-electron chi connectivity index (χ1n) is 10.5. The lowest BCUT2D eigenvalue weighted by molar-refractivity contribution is -0.137. The van der Waals surface area contributed by atoms with Gasteiger partial charge in [0.05, 0.1) is 24.3 Å². The molecule has 0 spiro atoms. The summed E-state index contributed by atoms with van der Waals surface area (Å²) in [7, 11) is 0. The van der Waals surface area contributed by atoms with Gasteiger partial charge in [-0.25, -0.2) is 4.68 Å². The van der Waals surface area contributed by atoms with Crippen molar-refractivity contribution in [2.24, 2.45) is 0 Å². The van der Waals surface area contributed by atoms with Crippen LogP contribution in [-0.2, 0) is 17.5 Å². The number of rotatable bonds is 6. The van der Waals surface area contributed by atoms with Gasteiger partial charge < -0.3 is 9.64 Å². The molecule has 1 aromatic carbocycles. The SMILES string of the molecule is CC[C@@H](c1nnnn1C[C@@H]1CCCO1)N1CCN(c2cccc(C(F)(F)F)c2)CC1. The number of benzene rings is 1. The molecule has 2 fully saturated rings. The first-order valence-corrected chi connectivity index (χ1v) is 10.5. The summed E-state index contributed by atoms with van der Waals surface area (Å²) in [5.74, 6) is 0.834. The molecular formula is C20H27F3N6O. The highest BCUT2D eigenvalue weighted by atomic mass is 19.4. The van der Waals surface area contributed by atoms with E-state index in [-0.39, 0.29) is 12.1 Å². The molecule has 30 heavy (non-hydrogen) atoms. The lowest BCUT2D eigenvalue weighted by Crippen LogP contribution is -2.48. The van der Waals surface area contributed by atoms with Crippen molar-refractivity contribution in [1.29, 1.82) is 0 Å². The quantitative estimate of drug-likeness (QED) is 0.710. The van der Waals surface area contributed by atoms with Gasteiger partial charge in [-0.15, -0.1) is 5.10 Å². The number of tetrazole rings is 1. The molecule has 0 aliphatic carbocycles. The predicted octanol–water partition coefficient (Wildman–Crippen LogP) is 3.14. The summed E-state index contributed by atoms with van der Waals surface area (Å²) in [5.41, 5.74) is 0.00270. The van der Waals surface area contributed by atoms with E-state index in [0.717, 1.165) is 50.8 Å². The van der Waals surface area contributed by atoms with Gasteiger partial charge in [-0.05, 0) is 47.9 Å². The molecule has 2 aliphatic heterocycles. The van der Waals surface area contributed by atoms with E-state index in [2.05, 4.69) is 27.3 Å². The summed E-state index contributed by atoms with van der Waals surface area (Å²) in [6, 6.07) is 5.63. The summed E-state index contributed by atoms with van der Waals surface area (Å²) >= 11 is 0. The molecule has 2 atom stereocenters. The Balaban J connectivity index is 1.41. The van der Waals surface area contributed by atoms with Crippen molar-refractivity contribution in [2.75, 3.05) is 37.7 Å². The molecule has 3 heterocycles. The van der Waals surface area contributed by atoms with Gasteiger partial charge in [-0.2, -0.15) is 13.2 Å². The molecule has 2 aliphatic rings. The topological polar surface area (TPSA) is 59.3 Å². The molecule has 0 bridgehead atoms. The Kier molecular flexibility index (Phi) is 6.24. The molecule has 0 N–H and O–H groups in total. The number of anilines is 1. The molecule has 4 rings (SSSR count). The van der Waals surface area contributed by atoms with Crippen LogP contribution >= 0.6 is 0 Å². The zero-order valence-electron chi connectivity index (χ0n) is 17.1. The van der Waals surface area contributed by atoms with Crippen molar-refractivity contribution in [2.45, 2.75) is 51.1 Å². The number of nitrogens with zero attached hydrogens (tertiary/aromatic N) is 6. The molecular weight excluding hydrogens is 397 g/mol. The number of aromatic nitrogens is 4. The van der Waals surface area contributed by atoms with Crippen molar-refractivity contribution in [3.05, 3.63) is 35.7 Å². The lowest BCUT2D eigenvalue weighted by atomic mass is 10.1. The van der Waals surface area contributed by atoms with Crippen LogP contribution in [-0.4, -0.2) is 64.0 Å². The van der Waals surface area contributed by atoms with E-state index in [1.54, 1.807) is 6.07 Å². The van der Waals surface area contributed by atoms with Gasteiger partial charge in [0, 0.05) is 38.5 Å². The van der Waals surface area contributed by atoms with Gasteiger partial charge in [0.25, 0.3) is 0 Å². The molecule has 1 aromatic heterocycles. The second kappa shape index (κ2) is 8.89. The number of piperazine rings is 1. The first kappa shape index (κ1) is 21.0. The minimum Gasteiger partial charge on any atom is -0.376 e. The summed E-state index contributed by atoms with van der Waals surface area (Å²) < 4.78 is 46.7. The Morgan fingerprint density at radius 1 is 1.20 bits per heavy atom. The second-order valence-corrected chi connectivity index (χ2v) is 7.85. The van der Waals surface area contributed by atoms with Gasteiger partial charge in [0.15, 0.2) is 5.82 Å². The lowest BCUT2D eigenvalue weighted by Gasteiger charge is -2.39. The third-order valence-electron chi connectivity index (χ3n) is 5.94. The standard InChI is InChI=1S/C20H27F3N6O/c1-2-18(19-24-25-26-29(19)14-17-7-4-12-30-17)28-10-8-27(9-11-28)16-6-3-5-15(13-16)20(21,22)23/h3,5-6,13,17-18H,2,4,7-12,14H2,1H3/t17-,18-/m0/s1. The summed E-state index contributed by atoms with van der Waals surface area (Å²) in [6.45, 7) is 6.34. The van der Waals surface area contributed by atoms with Crippen LogP contribution in [0.3, 0.4) is 0 Å². The molecule has 164 valence electrons. The third-order valence-corrected chi connectivity index (χ3v) is 5.94. The van der Waals surface area contributed by atoms with Gasteiger partial charge in [0.1, 0.15) is 0 Å². The third kappa shape index (κ3) is 4.59. The van der Waals surface area contributed by atoms with E-state index in [1.165, 1.54) is 12.1 Å². The summed E-state index contributed by atoms with van der Waals surface area (Å²) in [6.07, 6.45) is -1.23. The molecule has 0 radical (unpaired) electrons. The van der Waals surface area contributed by atoms with Crippen molar-refractivity contribution < 1.29 is 17.9 Å². The number of hydrogen-bond acceptors (Lipinski definition) is 6. The fraction of sp³-hybridized carbons (Fsp3) is 0.650. The largest absolute Gasteiger partial charge is 0.416 e. The first-order chi connectivity index (χ1) is 14.5. The molecule has 0 unspecified atom stereocenters. The minimum atomic E-state index is -4.33. The highest BCUT2D eigenvalue weighted by molar-refractivity contribution is 5.49. The predicted molar refractivity (Wildman–Crippen MR) is 105 cm³/mol. The van der Waals surface area contributed by atoms with Crippen molar-refractivity contribution in [3.63, 3.8) is 0 Å². The van der Waals surface area contributed by atoms with Crippen LogP contribution in [0.4, 0.5) is 18.9 Å². The van der Waals surface area contributed by atoms with Gasteiger partial charge in [0.2, 0.25) is 0 Å². The minimum absolute atomic E-state index is 0.0741. The fourth-order valence-corrected chi connectivity index (χ4v) is 4.34. The number of ether oxygens (including phenoxy) is 1. The van der Waals surface area contributed by atoms with Crippen LogP contribution in [0.2, 0.25) is 0 Å². The maximum Gasteiger partial charge on any atom is 0.416 e. The molecule has 10 heteroatoms. The van der Waals surface area contributed by atoms with E-state index < -0.39 is 11.7 Å². The van der Waals surface area contributed by atoms with Crippen molar-refractivity contribution in [1.82, 2.24) is 25.1 Å². The zero-order valence-corrected chi connectivity index (χ0v) is 17.1. The van der Waals surface area contributed by atoms with Crippen LogP contribution in [0.5, 0.6) is 0 Å². The van der Waals surface area contributed by atoms with Gasteiger partial charge in [-0.1, -0.05) is 13.0 Å². The van der Waals surface area contributed by atoms with Gasteiger partial charge in [-0.3, -0.25) is 4.90 Å². The average molecular weight is 424 g/mol. The van der Waals surface area contributed by atoms with Gasteiger partial charge >= 0.3 is 6.18 Å². The Hall–Kier alpha value is -2.20. The molecule has 7 nitrogen and oxygen atoms in total. The molecule has 0 amide bonds. The summed E-state index contributed by atoms with van der Waals surface area (Å²) in [5, 5.41) is 12.3.